The highest BCUT2D eigenvalue weighted by molar-refractivity contribution is 9.10. The first-order valence-corrected chi connectivity index (χ1v) is 6.76. The molecule has 20 heavy (non-hydrogen) atoms. The Kier molecular flexibility index (Phi) is 3.90. The average molecular weight is 341 g/mol. The summed E-state index contributed by atoms with van der Waals surface area (Å²) < 4.78 is 7.02. The van der Waals surface area contributed by atoms with Gasteiger partial charge >= 0.3 is 13.2 Å². The van der Waals surface area contributed by atoms with Crippen molar-refractivity contribution in [3.8, 4) is 0 Å². The lowest BCUT2D eigenvalue weighted by molar-refractivity contribution is 0.0523. The van der Waals surface area contributed by atoms with E-state index < -0.39 is 18.8 Å². The molecule has 1 heterocycles. The van der Waals surface area contributed by atoms with Crippen molar-refractivity contribution in [3.63, 3.8) is 0 Å². The largest absolute Gasteiger partial charge is 0.510 e. The third kappa shape index (κ3) is 3.03. The monoisotopic (exact) mass is 340 g/mol. The summed E-state index contributed by atoms with van der Waals surface area (Å²) in [5.74, 6) is 0. The van der Waals surface area contributed by atoms with Crippen molar-refractivity contribution >= 4 is 45.6 Å². The van der Waals surface area contributed by atoms with Gasteiger partial charge in [-0.05, 0) is 39.0 Å². The van der Waals surface area contributed by atoms with Crippen LogP contribution in [0.1, 0.15) is 20.8 Å². The van der Waals surface area contributed by atoms with E-state index in [1.807, 2.05) is 0 Å². The molecule has 0 saturated carbocycles. The molecule has 0 aliphatic heterocycles. The Bertz CT molecular complexity index is 663. The fraction of sp³-hybridized carbons (Fsp3) is 0.333. The van der Waals surface area contributed by atoms with E-state index in [0.29, 0.717) is 10.9 Å². The summed E-state index contributed by atoms with van der Waals surface area (Å²) >= 11 is 3.29. The van der Waals surface area contributed by atoms with Gasteiger partial charge in [0.25, 0.3) is 0 Å². The highest BCUT2D eigenvalue weighted by Gasteiger charge is 2.26. The van der Waals surface area contributed by atoms with Crippen LogP contribution < -0.4 is 5.59 Å². The zero-order valence-electron chi connectivity index (χ0n) is 11.3. The Hall–Kier alpha value is -1.38. The second-order valence-corrected chi connectivity index (χ2v) is 6.23. The molecule has 1 aromatic carbocycles. The van der Waals surface area contributed by atoms with E-state index in [1.54, 1.807) is 39.0 Å². The van der Waals surface area contributed by atoms with Gasteiger partial charge in [0.2, 0.25) is 0 Å². The minimum Gasteiger partial charge on any atom is -0.442 e. The van der Waals surface area contributed by atoms with Crippen LogP contribution in [0.3, 0.4) is 0 Å². The van der Waals surface area contributed by atoms with Gasteiger partial charge in [-0.2, -0.15) is 9.78 Å². The molecule has 8 heteroatoms. The molecule has 0 radical (unpaired) electrons. The lowest BCUT2D eigenvalue weighted by Gasteiger charge is -2.19. The number of nitrogens with zero attached hydrogens (tertiary/aromatic N) is 2. The zero-order valence-corrected chi connectivity index (χ0v) is 12.9. The van der Waals surface area contributed by atoms with Gasteiger partial charge in [0, 0.05) is 9.86 Å². The van der Waals surface area contributed by atoms with Crippen molar-refractivity contribution < 1.29 is 19.6 Å². The van der Waals surface area contributed by atoms with Crippen molar-refractivity contribution in [2.75, 3.05) is 0 Å². The first kappa shape index (κ1) is 15.0. The zero-order chi connectivity index (χ0) is 15.1. The van der Waals surface area contributed by atoms with Gasteiger partial charge in [0.05, 0.1) is 5.52 Å². The summed E-state index contributed by atoms with van der Waals surface area (Å²) in [6.45, 7) is 5.24. The number of hydrogen-bond donors (Lipinski definition) is 2. The van der Waals surface area contributed by atoms with Crippen LogP contribution in [-0.2, 0) is 4.74 Å². The molecule has 2 rings (SSSR count). The number of aromatic nitrogens is 2. The molecule has 0 spiro atoms. The van der Waals surface area contributed by atoms with Crippen LogP contribution in [0.2, 0.25) is 0 Å². The fourth-order valence-corrected chi connectivity index (χ4v) is 2.11. The molecular weight excluding hydrogens is 327 g/mol. The molecule has 2 N–H and O–H groups in total. The molecule has 0 atom stereocenters. The van der Waals surface area contributed by atoms with Crippen LogP contribution >= 0.6 is 15.9 Å². The lowest BCUT2D eigenvalue weighted by atomic mass is 9.84. The van der Waals surface area contributed by atoms with Crippen LogP contribution in [0.4, 0.5) is 4.79 Å². The third-order valence-electron chi connectivity index (χ3n) is 2.48. The second kappa shape index (κ2) is 5.19. The van der Waals surface area contributed by atoms with E-state index >= 15 is 0 Å². The van der Waals surface area contributed by atoms with Crippen LogP contribution in [0, 0.1) is 0 Å². The standard InChI is InChI=1S/C12H14BBrN2O4/c1-12(2,3)20-11(17)16-9-5-4-7(14)6-8(9)10(15-16)13(18)19/h4-6,18-19H,1-3H3. The predicted octanol–water partition coefficient (Wildman–Crippen LogP) is 1.26. The molecule has 0 unspecified atom stereocenters. The van der Waals surface area contributed by atoms with E-state index in [-0.39, 0.29) is 5.59 Å². The molecular formula is C12H14BBrN2O4. The molecule has 2 aromatic rings. The predicted molar refractivity (Wildman–Crippen MR) is 78.9 cm³/mol. The van der Waals surface area contributed by atoms with Gasteiger partial charge in [-0.1, -0.05) is 15.9 Å². The summed E-state index contributed by atoms with van der Waals surface area (Å²) in [5, 5.41) is 23.1. The Balaban J connectivity index is 2.57. The van der Waals surface area contributed by atoms with E-state index in [4.69, 9.17) is 4.74 Å². The molecule has 0 aliphatic carbocycles. The van der Waals surface area contributed by atoms with E-state index in [1.165, 1.54) is 0 Å². The van der Waals surface area contributed by atoms with Crippen molar-refractivity contribution in [1.29, 1.82) is 0 Å². The Morgan fingerprint density at radius 2 is 2.05 bits per heavy atom. The summed E-state index contributed by atoms with van der Waals surface area (Å²) in [7, 11) is -1.77. The molecule has 0 saturated heterocycles. The molecule has 0 fully saturated rings. The van der Waals surface area contributed by atoms with Gasteiger partial charge in [0.15, 0.2) is 0 Å². The Morgan fingerprint density at radius 3 is 2.60 bits per heavy atom. The number of rotatable bonds is 1. The number of halogens is 1. The number of carbonyl (C=O) groups is 1. The normalized spacial score (nSPS) is 11.7. The molecule has 106 valence electrons. The number of carbonyl (C=O) groups excluding carboxylic acids is 1. The van der Waals surface area contributed by atoms with E-state index in [9.17, 15) is 14.8 Å². The summed E-state index contributed by atoms with van der Waals surface area (Å²) in [6, 6.07) is 5.05. The molecule has 6 nitrogen and oxygen atoms in total. The molecule has 0 bridgehead atoms. The highest BCUT2D eigenvalue weighted by atomic mass is 79.9. The highest BCUT2D eigenvalue weighted by Crippen LogP contribution is 2.19. The Morgan fingerprint density at radius 1 is 1.40 bits per heavy atom. The first-order valence-electron chi connectivity index (χ1n) is 5.97. The Labute approximate surface area is 124 Å². The number of fused-ring (bicyclic) bond motifs is 1. The van der Waals surface area contributed by atoms with Crippen molar-refractivity contribution in [2.45, 2.75) is 26.4 Å². The van der Waals surface area contributed by atoms with Crippen molar-refractivity contribution in [1.82, 2.24) is 9.78 Å². The second-order valence-electron chi connectivity index (χ2n) is 5.31. The maximum absolute atomic E-state index is 12.1. The number of hydrogen-bond acceptors (Lipinski definition) is 5. The fourth-order valence-electron chi connectivity index (χ4n) is 1.75. The summed E-state index contributed by atoms with van der Waals surface area (Å²) in [5.41, 5.74) is -0.208. The molecule has 1 aromatic heterocycles. The maximum Gasteiger partial charge on any atom is 0.510 e. The topological polar surface area (TPSA) is 84.6 Å². The lowest BCUT2D eigenvalue weighted by Crippen LogP contribution is -2.34. The van der Waals surface area contributed by atoms with Crippen molar-refractivity contribution in [3.05, 3.63) is 22.7 Å². The quantitative estimate of drug-likeness (QED) is 0.763. The van der Waals surface area contributed by atoms with E-state index in [2.05, 4.69) is 21.0 Å². The van der Waals surface area contributed by atoms with Gasteiger partial charge in [-0.25, -0.2) is 4.79 Å². The van der Waals surface area contributed by atoms with Gasteiger partial charge in [-0.3, -0.25) is 0 Å². The molecule has 0 aliphatic rings. The minimum absolute atomic E-state index is 0.00663. The van der Waals surface area contributed by atoms with Crippen molar-refractivity contribution in [2.24, 2.45) is 0 Å². The molecule has 0 amide bonds. The number of ether oxygens (including phenoxy) is 1. The van der Waals surface area contributed by atoms with Crippen LogP contribution in [0.5, 0.6) is 0 Å². The first-order chi connectivity index (χ1) is 9.19. The van der Waals surface area contributed by atoms with Gasteiger partial charge in [0.1, 0.15) is 11.2 Å². The summed E-state index contributed by atoms with van der Waals surface area (Å²) in [4.78, 5) is 12.1. The van der Waals surface area contributed by atoms with Gasteiger partial charge in [-0.15, -0.1) is 0 Å². The van der Waals surface area contributed by atoms with Crippen LogP contribution in [0.25, 0.3) is 10.9 Å². The maximum atomic E-state index is 12.1. The van der Waals surface area contributed by atoms with Crippen LogP contribution in [-0.4, -0.2) is 38.6 Å². The number of benzene rings is 1. The summed E-state index contributed by atoms with van der Waals surface area (Å²) in [6.07, 6.45) is -0.670. The SMILES string of the molecule is CC(C)(C)OC(=O)n1nc(B(O)O)c2cc(Br)ccc21. The smallest absolute Gasteiger partial charge is 0.442 e. The average Bonchev–Trinajstić information content (AvgIpc) is 2.65. The minimum atomic E-state index is -1.77. The van der Waals surface area contributed by atoms with E-state index in [0.717, 1.165) is 9.15 Å². The third-order valence-corrected chi connectivity index (χ3v) is 2.97. The van der Waals surface area contributed by atoms with Crippen LogP contribution in [0.15, 0.2) is 22.7 Å². The van der Waals surface area contributed by atoms with Gasteiger partial charge < -0.3 is 14.8 Å².